The number of hydrogen-bond acceptors (Lipinski definition) is 6. The van der Waals surface area contributed by atoms with E-state index in [1.54, 1.807) is 39.6 Å². The Morgan fingerprint density at radius 3 is 2.31 bits per heavy atom. The van der Waals surface area contributed by atoms with Gasteiger partial charge in [0.2, 0.25) is 11.8 Å². The zero-order valence-electron chi connectivity index (χ0n) is 32.4. The Morgan fingerprint density at radius 2 is 1.67 bits per heavy atom. The third-order valence-corrected chi connectivity index (χ3v) is 12.2. The zero-order chi connectivity index (χ0) is 37.3. The van der Waals surface area contributed by atoms with Crippen molar-refractivity contribution < 1.29 is 29.0 Å². The Labute approximate surface area is 305 Å². The summed E-state index contributed by atoms with van der Waals surface area (Å²) in [4.78, 5) is 62.7. The van der Waals surface area contributed by atoms with Crippen molar-refractivity contribution in [1.82, 2.24) is 24.9 Å². The number of carbonyl (C=O) groups excluding carboxylic acids is 3. The van der Waals surface area contributed by atoms with Gasteiger partial charge in [-0.15, -0.1) is 0 Å². The van der Waals surface area contributed by atoms with Crippen LogP contribution in [0.3, 0.4) is 0 Å². The molecule has 3 fully saturated rings. The van der Waals surface area contributed by atoms with E-state index in [9.17, 15) is 19.5 Å². The van der Waals surface area contributed by atoms with Crippen LogP contribution in [0.25, 0.3) is 0 Å². The number of aryl methyl sites for hydroxylation is 1. The molecule has 4 amide bonds. The lowest BCUT2D eigenvalue weighted by atomic mass is 9.62. The van der Waals surface area contributed by atoms with Gasteiger partial charge in [0.1, 0.15) is 17.7 Å². The summed E-state index contributed by atoms with van der Waals surface area (Å²) >= 11 is 0. The van der Waals surface area contributed by atoms with Gasteiger partial charge in [-0.05, 0) is 102 Å². The smallest absolute Gasteiger partial charge is 0.410 e. The van der Waals surface area contributed by atoms with Gasteiger partial charge in [-0.1, -0.05) is 64.3 Å². The fourth-order valence-electron chi connectivity index (χ4n) is 9.37. The minimum Gasteiger partial charge on any atom is -0.465 e. The van der Waals surface area contributed by atoms with E-state index in [0.29, 0.717) is 19.5 Å². The van der Waals surface area contributed by atoms with Crippen LogP contribution in [0.15, 0.2) is 24.3 Å². The van der Waals surface area contributed by atoms with Gasteiger partial charge in [0.05, 0.1) is 11.6 Å². The van der Waals surface area contributed by atoms with Crippen LogP contribution in [0.4, 0.5) is 9.59 Å². The fraction of sp³-hybridized carbons (Fsp3) is 0.750. The zero-order valence-corrected chi connectivity index (χ0v) is 32.4. The van der Waals surface area contributed by atoms with Crippen molar-refractivity contribution >= 4 is 24.0 Å². The van der Waals surface area contributed by atoms with Gasteiger partial charge in [-0.25, -0.2) is 9.59 Å². The third-order valence-electron chi connectivity index (χ3n) is 12.2. The number of carboxylic acid groups (broad SMARTS) is 1. The molecule has 284 valence electrons. The van der Waals surface area contributed by atoms with E-state index < -0.39 is 46.7 Å². The second-order valence-electron chi connectivity index (χ2n) is 17.6. The lowest BCUT2D eigenvalue weighted by Gasteiger charge is -2.56. The molecule has 0 bridgehead atoms. The van der Waals surface area contributed by atoms with Crippen LogP contribution in [-0.2, 0) is 26.3 Å². The molecule has 2 heterocycles. The molecule has 11 heteroatoms. The number of ether oxygens (including phenoxy) is 1. The largest absolute Gasteiger partial charge is 0.465 e. The van der Waals surface area contributed by atoms with Crippen molar-refractivity contribution in [3.63, 3.8) is 0 Å². The minimum absolute atomic E-state index is 0.0433. The highest BCUT2D eigenvalue weighted by Crippen LogP contribution is 2.52. The Balaban J connectivity index is 1.48. The van der Waals surface area contributed by atoms with Crippen LogP contribution in [0.5, 0.6) is 0 Å². The maximum absolute atomic E-state index is 15.1. The van der Waals surface area contributed by atoms with Crippen LogP contribution >= 0.6 is 0 Å². The molecule has 0 unspecified atom stereocenters. The summed E-state index contributed by atoms with van der Waals surface area (Å²) in [6.45, 7) is 15.6. The lowest BCUT2D eigenvalue weighted by Crippen LogP contribution is -2.68. The van der Waals surface area contributed by atoms with Crippen molar-refractivity contribution in [1.29, 1.82) is 0 Å². The monoisotopic (exact) mass is 709 g/mol. The van der Waals surface area contributed by atoms with Gasteiger partial charge in [0, 0.05) is 32.7 Å². The van der Waals surface area contributed by atoms with Gasteiger partial charge in [0.25, 0.3) is 0 Å². The van der Waals surface area contributed by atoms with Gasteiger partial charge in [0.15, 0.2) is 0 Å². The van der Waals surface area contributed by atoms with E-state index in [4.69, 9.17) is 4.74 Å². The second-order valence-corrected chi connectivity index (χ2v) is 17.6. The molecule has 2 aliphatic heterocycles. The molecule has 1 aromatic carbocycles. The lowest BCUT2D eigenvalue weighted by molar-refractivity contribution is -0.146. The van der Waals surface area contributed by atoms with Gasteiger partial charge in [-0.3, -0.25) is 24.3 Å². The van der Waals surface area contributed by atoms with Crippen LogP contribution in [0.1, 0.15) is 117 Å². The molecule has 5 rings (SSSR count). The SMILES string of the molecule is C[C@@H](C(=O)N[C@H](C(=O)N1C[C@H]2CCCN2C[C@H]1CN(C(=O)O)[C@@]1(C(C)(C)C)CCCc2ccccc21)C1CCCCC1)N(C)C(=O)OC(C)(C)C. The van der Waals surface area contributed by atoms with Crippen LogP contribution in [-0.4, -0.2) is 112 Å². The van der Waals surface area contributed by atoms with E-state index in [0.717, 1.165) is 69.9 Å². The first kappa shape index (κ1) is 38.9. The van der Waals surface area contributed by atoms with Crippen molar-refractivity contribution in [3.05, 3.63) is 35.4 Å². The fourth-order valence-corrected chi connectivity index (χ4v) is 9.37. The van der Waals surface area contributed by atoms with Crippen molar-refractivity contribution in [3.8, 4) is 0 Å². The number of likely N-dealkylation sites (N-methyl/N-ethyl adjacent to an activating group) is 1. The summed E-state index contributed by atoms with van der Waals surface area (Å²) in [7, 11) is 1.54. The highest BCUT2D eigenvalue weighted by Gasteiger charge is 2.54. The predicted molar refractivity (Wildman–Crippen MR) is 197 cm³/mol. The molecule has 2 aliphatic carbocycles. The molecule has 1 aromatic rings. The standard InChI is InChI=1S/C40H63N5O6/c1-27(42(8)37(50)51-39(5,6)7)34(46)41-33(29-17-10-9-11-18-29)35(47)44-25-30-20-15-23-43(30)24-31(44)26-45(36(48)49)40(38(2,3)4)22-14-19-28-16-12-13-21-32(28)40/h12-13,16,21,27,29-31,33H,9-11,14-15,17-20,22-26H2,1-8H3,(H,41,46)(H,48,49)/t27-,30+,31-,33-,40-/m0/s1. The first-order chi connectivity index (χ1) is 23.9. The summed E-state index contributed by atoms with van der Waals surface area (Å²) < 4.78 is 5.52. The average Bonchev–Trinajstić information content (AvgIpc) is 3.54. The molecule has 2 N–H and O–H groups in total. The molecule has 2 saturated heterocycles. The molecule has 4 aliphatic rings. The molecule has 0 radical (unpaired) electrons. The van der Waals surface area contributed by atoms with E-state index in [1.807, 2.05) is 17.0 Å². The first-order valence-corrected chi connectivity index (χ1v) is 19.3. The summed E-state index contributed by atoms with van der Waals surface area (Å²) in [5.41, 5.74) is 0.342. The molecule has 51 heavy (non-hydrogen) atoms. The minimum atomic E-state index is -0.978. The summed E-state index contributed by atoms with van der Waals surface area (Å²) in [5, 5.41) is 14.2. The Bertz CT molecular complexity index is 1430. The predicted octanol–water partition coefficient (Wildman–Crippen LogP) is 6.24. The number of nitrogens with zero attached hydrogens (tertiary/aromatic N) is 4. The second kappa shape index (κ2) is 15.3. The number of hydrogen-bond donors (Lipinski definition) is 2. The highest BCUT2D eigenvalue weighted by atomic mass is 16.6. The van der Waals surface area contributed by atoms with Crippen LogP contribution in [0, 0.1) is 11.3 Å². The maximum Gasteiger partial charge on any atom is 0.410 e. The van der Waals surface area contributed by atoms with Crippen molar-refractivity contribution in [2.45, 2.75) is 148 Å². The van der Waals surface area contributed by atoms with Crippen LogP contribution in [0.2, 0.25) is 0 Å². The van der Waals surface area contributed by atoms with E-state index in [2.05, 4.69) is 43.1 Å². The maximum atomic E-state index is 15.1. The third kappa shape index (κ3) is 8.18. The van der Waals surface area contributed by atoms with Gasteiger partial charge in [-0.2, -0.15) is 0 Å². The molecule has 0 aromatic heterocycles. The number of nitrogens with one attached hydrogen (secondary N) is 1. The first-order valence-electron chi connectivity index (χ1n) is 19.3. The molecule has 1 saturated carbocycles. The number of piperazine rings is 1. The average molecular weight is 710 g/mol. The molecule has 5 atom stereocenters. The van der Waals surface area contributed by atoms with Gasteiger partial charge >= 0.3 is 12.2 Å². The molecule has 11 nitrogen and oxygen atoms in total. The highest BCUT2D eigenvalue weighted by molar-refractivity contribution is 5.91. The quantitative estimate of drug-likeness (QED) is 0.328. The van der Waals surface area contributed by atoms with Crippen LogP contribution < -0.4 is 5.32 Å². The Hall–Kier alpha value is -3.34. The van der Waals surface area contributed by atoms with Crippen molar-refractivity contribution in [2.24, 2.45) is 11.3 Å². The Morgan fingerprint density at radius 1 is 0.980 bits per heavy atom. The number of benzene rings is 1. The van der Waals surface area contributed by atoms with E-state index in [1.165, 1.54) is 10.5 Å². The number of rotatable bonds is 8. The Kier molecular flexibility index (Phi) is 11.7. The van der Waals surface area contributed by atoms with E-state index in [-0.39, 0.29) is 30.5 Å². The van der Waals surface area contributed by atoms with Gasteiger partial charge < -0.3 is 20.1 Å². The molecule has 0 spiro atoms. The summed E-state index contributed by atoms with van der Waals surface area (Å²) in [5.74, 6) is -0.586. The van der Waals surface area contributed by atoms with E-state index >= 15 is 4.79 Å². The number of carbonyl (C=O) groups is 4. The topological polar surface area (TPSA) is 123 Å². The number of fused-ring (bicyclic) bond motifs is 2. The normalized spacial score (nSPS) is 25.6. The summed E-state index contributed by atoms with van der Waals surface area (Å²) in [6.07, 6.45) is 7.65. The number of amides is 4. The molecular formula is C40H63N5O6. The summed E-state index contributed by atoms with van der Waals surface area (Å²) in [6, 6.07) is 6.45. The molecular weight excluding hydrogens is 646 g/mol. The van der Waals surface area contributed by atoms with Crippen molar-refractivity contribution in [2.75, 3.05) is 33.2 Å².